The van der Waals surface area contributed by atoms with E-state index in [2.05, 4.69) is 63.9 Å². The summed E-state index contributed by atoms with van der Waals surface area (Å²) in [5.74, 6) is 1.27. The first-order valence-electron chi connectivity index (χ1n) is 14.6. The SMILES string of the molecule is C=CCC1CCNCC1.CC.CC.CCCC.CCCC(=O)N1CCCC1.Cc1ccccc1C. The number of hydrogen-bond donors (Lipinski definition) is 1. The van der Waals surface area contributed by atoms with Gasteiger partial charge in [-0.15, -0.1) is 6.58 Å². The highest BCUT2D eigenvalue weighted by Crippen LogP contribution is 2.15. The van der Waals surface area contributed by atoms with Crippen molar-refractivity contribution in [3.05, 3.63) is 48.0 Å². The zero-order chi connectivity index (χ0) is 27.3. The van der Waals surface area contributed by atoms with Crippen LogP contribution in [0, 0.1) is 19.8 Å². The Balaban J connectivity index is -0.000000384. The molecular formula is C32H62N2O. The molecule has 3 heteroatoms. The summed E-state index contributed by atoms with van der Waals surface area (Å²) < 4.78 is 0. The monoisotopic (exact) mass is 490 g/mol. The molecule has 2 aliphatic heterocycles. The maximum absolute atomic E-state index is 11.2. The Hall–Kier alpha value is -1.61. The third-order valence-corrected chi connectivity index (χ3v) is 5.81. The molecule has 0 radical (unpaired) electrons. The zero-order valence-corrected chi connectivity index (χ0v) is 25.2. The average molecular weight is 491 g/mol. The van der Waals surface area contributed by atoms with Crippen LogP contribution in [-0.2, 0) is 4.79 Å². The van der Waals surface area contributed by atoms with Crippen molar-refractivity contribution in [2.75, 3.05) is 26.2 Å². The van der Waals surface area contributed by atoms with Crippen molar-refractivity contribution in [1.29, 1.82) is 0 Å². The summed E-state index contributed by atoms with van der Waals surface area (Å²) in [4.78, 5) is 13.1. The second-order valence-corrected chi connectivity index (χ2v) is 8.64. The van der Waals surface area contributed by atoms with Crippen molar-refractivity contribution in [1.82, 2.24) is 10.2 Å². The molecule has 1 aromatic rings. The summed E-state index contributed by atoms with van der Waals surface area (Å²) in [5.41, 5.74) is 2.74. The second-order valence-electron chi connectivity index (χ2n) is 8.64. The lowest BCUT2D eigenvalue weighted by Gasteiger charge is -2.20. The molecule has 0 bridgehead atoms. The fourth-order valence-electron chi connectivity index (χ4n) is 3.35. The van der Waals surface area contributed by atoms with Crippen LogP contribution in [0.1, 0.15) is 117 Å². The van der Waals surface area contributed by atoms with Crippen molar-refractivity contribution in [2.45, 2.75) is 120 Å². The lowest BCUT2D eigenvalue weighted by Crippen LogP contribution is -2.27. The maximum atomic E-state index is 11.2. The molecule has 2 fully saturated rings. The minimum absolute atomic E-state index is 0.347. The molecule has 0 aromatic heterocycles. The number of amides is 1. The molecule has 2 saturated heterocycles. The fraction of sp³-hybridized carbons (Fsp3) is 0.719. The van der Waals surface area contributed by atoms with Gasteiger partial charge in [0.25, 0.3) is 0 Å². The number of aryl methyl sites for hydroxylation is 2. The van der Waals surface area contributed by atoms with Crippen molar-refractivity contribution in [3.63, 3.8) is 0 Å². The summed E-state index contributed by atoms with van der Waals surface area (Å²) in [6.45, 7) is 26.8. The molecule has 0 aliphatic carbocycles. The minimum Gasteiger partial charge on any atom is -0.343 e. The highest BCUT2D eigenvalue weighted by Gasteiger charge is 2.15. The standard InChI is InChI=1S/C8H15NO.C8H15N.C8H10.C4H10.2C2H6/c1-2-5-8(10)9-6-3-4-7-9;1-2-3-8-4-6-9-7-5-8;1-7-5-3-4-6-8(7)2;1-3-4-2;2*1-2/h2-7H2,1H3;2,8-9H,1,3-7H2;3-6H,1-2H3;3-4H2,1-2H3;2*1-2H3. The summed E-state index contributed by atoms with van der Waals surface area (Å²) in [6, 6.07) is 8.36. The molecule has 0 spiro atoms. The number of carbonyl (C=O) groups is 1. The summed E-state index contributed by atoms with van der Waals surface area (Å²) in [6.07, 6.45) is 12.7. The van der Waals surface area contributed by atoms with Crippen LogP contribution < -0.4 is 5.32 Å². The Morgan fingerprint density at radius 2 is 1.37 bits per heavy atom. The van der Waals surface area contributed by atoms with Gasteiger partial charge >= 0.3 is 0 Å². The van der Waals surface area contributed by atoms with Gasteiger partial charge in [0, 0.05) is 19.5 Å². The molecule has 35 heavy (non-hydrogen) atoms. The molecule has 206 valence electrons. The predicted octanol–water partition coefficient (Wildman–Crippen LogP) is 9.13. The van der Waals surface area contributed by atoms with Crippen LogP contribution >= 0.6 is 0 Å². The minimum atomic E-state index is 0.347. The number of hydrogen-bond acceptors (Lipinski definition) is 2. The second kappa shape index (κ2) is 30.4. The first-order valence-corrected chi connectivity index (χ1v) is 14.6. The van der Waals surface area contributed by atoms with Crippen molar-refractivity contribution in [3.8, 4) is 0 Å². The van der Waals surface area contributed by atoms with Gasteiger partial charge in [-0.25, -0.2) is 0 Å². The van der Waals surface area contributed by atoms with E-state index in [1.54, 1.807) is 0 Å². The van der Waals surface area contributed by atoms with Gasteiger partial charge in [-0.05, 0) is 82.5 Å². The van der Waals surface area contributed by atoms with Crippen LogP contribution in [0.25, 0.3) is 0 Å². The Bertz CT molecular complexity index is 535. The molecule has 0 atom stereocenters. The van der Waals surface area contributed by atoms with E-state index in [4.69, 9.17) is 0 Å². The van der Waals surface area contributed by atoms with Gasteiger partial charge in [-0.3, -0.25) is 4.79 Å². The van der Waals surface area contributed by atoms with Gasteiger partial charge in [0.1, 0.15) is 0 Å². The van der Waals surface area contributed by atoms with E-state index in [0.29, 0.717) is 5.91 Å². The predicted molar refractivity (Wildman–Crippen MR) is 160 cm³/mol. The normalized spacial score (nSPS) is 14.0. The smallest absolute Gasteiger partial charge is 0.222 e. The third-order valence-electron chi connectivity index (χ3n) is 5.81. The van der Waals surface area contributed by atoms with E-state index in [9.17, 15) is 4.79 Å². The van der Waals surface area contributed by atoms with E-state index in [0.717, 1.165) is 31.8 Å². The van der Waals surface area contributed by atoms with E-state index < -0.39 is 0 Å². The Morgan fingerprint density at radius 1 is 0.914 bits per heavy atom. The number of carbonyl (C=O) groups excluding carboxylic acids is 1. The number of allylic oxidation sites excluding steroid dienone is 1. The van der Waals surface area contributed by atoms with E-state index >= 15 is 0 Å². The third kappa shape index (κ3) is 23.9. The molecule has 3 nitrogen and oxygen atoms in total. The van der Waals surface area contributed by atoms with Crippen LogP contribution in [0.15, 0.2) is 36.9 Å². The highest BCUT2D eigenvalue weighted by molar-refractivity contribution is 5.76. The fourth-order valence-corrected chi connectivity index (χ4v) is 3.35. The quantitative estimate of drug-likeness (QED) is 0.417. The topological polar surface area (TPSA) is 32.3 Å². The maximum Gasteiger partial charge on any atom is 0.222 e. The molecule has 1 amide bonds. The first-order chi connectivity index (χ1) is 17.0. The molecular weight excluding hydrogens is 428 g/mol. The van der Waals surface area contributed by atoms with E-state index in [-0.39, 0.29) is 0 Å². The number of nitrogens with one attached hydrogen (secondary N) is 1. The molecule has 2 aliphatic rings. The summed E-state index contributed by atoms with van der Waals surface area (Å²) >= 11 is 0. The Morgan fingerprint density at radius 3 is 1.71 bits per heavy atom. The molecule has 1 aromatic carbocycles. The van der Waals surface area contributed by atoms with Gasteiger partial charge in [-0.2, -0.15) is 0 Å². The number of unbranched alkanes of at least 4 members (excludes halogenated alkanes) is 1. The van der Waals surface area contributed by atoms with Crippen LogP contribution in [0.3, 0.4) is 0 Å². The highest BCUT2D eigenvalue weighted by atomic mass is 16.2. The van der Waals surface area contributed by atoms with Crippen molar-refractivity contribution in [2.24, 2.45) is 5.92 Å². The van der Waals surface area contributed by atoms with Gasteiger partial charge in [0.05, 0.1) is 0 Å². The van der Waals surface area contributed by atoms with Crippen molar-refractivity contribution >= 4 is 5.91 Å². The largest absolute Gasteiger partial charge is 0.343 e. The lowest BCUT2D eigenvalue weighted by molar-refractivity contribution is -0.130. The molecule has 2 heterocycles. The molecule has 3 rings (SSSR count). The number of benzene rings is 1. The van der Waals surface area contributed by atoms with Gasteiger partial charge in [0.2, 0.25) is 5.91 Å². The summed E-state index contributed by atoms with van der Waals surface area (Å²) in [7, 11) is 0. The lowest BCUT2D eigenvalue weighted by atomic mass is 9.95. The first kappa shape index (κ1) is 37.9. The van der Waals surface area contributed by atoms with Crippen LogP contribution in [0.2, 0.25) is 0 Å². The van der Waals surface area contributed by atoms with Crippen LogP contribution in [0.5, 0.6) is 0 Å². The number of piperidine rings is 1. The average Bonchev–Trinajstić information content (AvgIpc) is 3.46. The molecule has 0 unspecified atom stereocenters. The number of rotatable bonds is 5. The van der Waals surface area contributed by atoms with Gasteiger partial charge in [0.15, 0.2) is 0 Å². The van der Waals surface area contributed by atoms with Crippen LogP contribution in [-0.4, -0.2) is 37.0 Å². The number of likely N-dealkylation sites (tertiary alicyclic amines) is 1. The summed E-state index contributed by atoms with van der Waals surface area (Å²) in [5, 5.41) is 3.34. The Kier molecular flexibility index (Phi) is 33.0. The van der Waals surface area contributed by atoms with E-state index in [1.807, 2.05) is 45.6 Å². The molecule has 0 saturated carbocycles. The number of nitrogens with zero attached hydrogens (tertiary/aromatic N) is 1. The van der Waals surface area contributed by atoms with Gasteiger partial charge in [-0.1, -0.05) is 91.6 Å². The van der Waals surface area contributed by atoms with E-state index in [1.165, 1.54) is 69.2 Å². The van der Waals surface area contributed by atoms with Gasteiger partial charge < -0.3 is 10.2 Å². The van der Waals surface area contributed by atoms with Crippen LogP contribution in [0.4, 0.5) is 0 Å². The zero-order valence-electron chi connectivity index (χ0n) is 25.2. The Labute approximate surface area is 221 Å². The van der Waals surface area contributed by atoms with Crippen molar-refractivity contribution < 1.29 is 4.79 Å². The molecule has 1 N–H and O–H groups in total.